The number of hydrogen-bond acceptors (Lipinski definition) is 3. The zero-order valence-corrected chi connectivity index (χ0v) is 28.4. The van der Waals surface area contributed by atoms with Gasteiger partial charge in [-0.3, -0.25) is 0 Å². The predicted octanol–water partition coefficient (Wildman–Crippen LogP) is 13.5. The monoisotopic (exact) mass is 663 g/mol. The van der Waals surface area contributed by atoms with Crippen LogP contribution in [0.1, 0.15) is 5.56 Å². The molecule has 1 aliphatic heterocycles. The third-order valence-corrected chi connectivity index (χ3v) is 9.85. The Morgan fingerprint density at radius 2 is 0.808 bits per heavy atom. The van der Waals surface area contributed by atoms with Crippen LogP contribution in [0.4, 0.5) is 34.1 Å². The number of anilines is 6. The van der Waals surface area contributed by atoms with Crippen LogP contribution in [0.3, 0.4) is 0 Å². The average Bonchev–Trinajstić information content (AvgIpc) is 3.35. The minimum Gasteiger partial charge on any atom is -0.311 e. The molecule has 0 saturated heterocycles. The molecular weight excluding hydrogens is 631 g/mol. The van der Waals surface area contributed by atoms with Crippen LogP contribution in [0, 0.1) is 11.3 Å². The average molecular weight is 664 g/mol. The van der Waals surface area contributed by atoms with Gasteiger partial charge < -0.3 is 9.80 Å². The Balaban J connectivity index is 1.13. The molecule has 8 aromatic carbocycles. The zero-order valence-electron chi connectivity index (χ0n) is 28.4. The van der Waals surface area contributed by atoms with Gasteiger partial charge in [0.2, 0.25) is 0 Å². The maximum Gasteiger partial charge on any atom is 0.0991 e. The lowest BCUT2D eigenvalue weighted by atomic mass is 9.92. The first-order valence-electron chi connectivity index (χ1n) is 17.5. The van der Waals surface area contributed by atoms with E-state index in [-0.39, 0.29) is 0 Å². The number of fused-ring (bicyclic) bond motifs is 5. The molecule has 0 bridgehead atoms. The van der Waals surface area contributed by atoms with Crippen LogP contribution in [0.25, 0.3) is 44.5 Å². The summed E-state index contributed by atoms with van der Waals surface area (Å²) in [7, 11) is 0. The maximum absolute atomic E-state index is 9.47. The van der Waals surface area contributed by atoms with Gasteiger partial charge >= 0.3 is 0 Å². The molecule has 1 heterocycles. The van der Waals surface area contributed by atoms with E-state index in [1.54, 1.807) is 0 Å². The number of rotatable bonds is 6. The van der Waals surface area contributed by atoms with Gasteiger partial charge in [-0.2, -0.15) is 5.26 Å². The fourth-order valence-electron chi connectivity index (χ4n) is 7.33. The van der Waals surface area contributed by atoms with Crippen molar-refractivity contribution >= 4 is 34.1 Å². The lowest BCUT2D eigenvalue weighted by Crippen LogP contribution is -2.10. The van der Waals surface area contributed by atoms with Crippen LogP contribution in [0.5, 0.6) is 0 Å². The first kappa shape index (κ1) is 30.9. The number of benzene rings is 8. The fraction of sp³-hybridized carbons (Fsp3) is 0. The molecule has 0 fully saturated rings. The van der Waals surface area contributed by atoms with Crippen molar-refractivity contribution in [1.82, 2.24) is 0 Å². The van der Waals surface area contributed by atoms with Gasteiger partial charge in [-0.25, -0.2) is 0 Å². The highest BCUT2D eigenvalue weighted by molar-refractivity contribution is 6.03. The molecule has 0 atom stereocenters. The predicted molar refractivity (Wildman–Crippen MR) is 216 cm³/mol. The SMILES string of the molecule is N#Cc1ccc(N(c2ccc(-c3ccccc3)cc2)c2ccc(-c3ccc4c(c3)-c3ccccc3-c3ccccc3N4c3ccccc3)cc2)cc1. The van der Waals surface area contributed by atoms with Crippen molar-refractivity contribution in [3.63, 3.8) is 0 Å². The molecule has 8 aromatic rings. The van der Waals surface area contributed by atoms with Gasteiger partial charge in [0.05, 0.1) is 23.0 Å². The highest BCUT2D eigenvalue weighted by Gasteiger charge is 2.26. The summed E-state index contributed by atoms with van der Waals surface area (Å²) in [5, 5.41) is 9.47. The van der Waals surface area contributed by atoms with Crippen molar-refractivity contribution in [3.8, 4) is 50.6 Å². The van der Waals surface area contributed by atoms with Crippen molar-refractivity contribution in [2.24, 2.45) is 0 Å². The number of nitriles is 1. The summed E-state index contributed by atoms with van der Waals surface area (Å²) in [4.78, 5) is 4.62. The van der Waals surface area contributed by atoms with E-state index in [1.807, 2.05) is 30.3 Å². The van der Waals surface area contributed by atoms with Crippen molar-refractivity contribution in [2.45, 2.75) is 0 Å². The molecular formula is C49H33N3. The summed E-state index contributed by atoms with van der Waals surface area (Å²) >= 11 is 0. The Morgan fingerprint density at radius 3 is 1.42 bits per heavy atom. The summed E-state index contributed by atoms with van der Waals surface area (Å²) in [5.41, 5.74) is 16.6. The smallest absolute Gasteiger partial charge is 0.0991 e. The topological polar surface area (TPSA) is 30.3 Å². The standard InChI is InChI=1S/C49H33N3/c50-34-35-19-26-41(27-20-35)51(42-28-21-37(22-29-42)36-11-3-1-4-12-36)43-30-23-38(24-31-43)39-25-32-49-47(33-39)45-16-8-7-15-44(45)46-17-9-10-18-48(46)52(49)40-13-5-2-6-14-40/h1-33H. The molecule has 3 nitrogen and oxygen atoms in total. The molecule has 0 unspecified atom stereocenters. The van der Waals surface area contributed by atoms with Crippen molar-refractivity contribution < 1.29 is 0 Å². The third kappa shape index (κ3) is 5.59. The zero-order chi connectivity index (χ0) is 34.9. The number of para-hydroxylation sites is 2. The molecule has 0 spiro atoms. The fourth-order valence-corrected chi connectivity index (χ4v) is 7.33. The summed E-state index contributed by atoms with van der Waals surface area (Å²) < 4.78 is 0. The highest BCUT2D eigenvalue weighted by Crippen LogP contribution is 2.51. The molecule has 0 aliphatic carbocycles. The van der Waals surface area contributed by atoms with Gasteiger partial charge in [0, 0.05) is 33.9 Å². The van der Waals surface area contributed by atoms with Gasteiger partial charge in [0.1, 0.15) is 0 Å². The highest BCUT2D eigenvalue weighted by atomic mass is 15.2. The van der Waals surface area contributed by atoms with Gasteiger partial charge in [0.25, 0.3) is 0 Å². The van der Waals surface area contributed by atoms with E-state index < -0.39 is 0 Å². The summed E-state index contributed by atoms with van der Waals surface area (Å²) in [5.74, 6) is 0. The Hall–Kier alpha value is -7.15. The van der Waals surface area contributed by atoms with Crippen LogP contribution in [0.15, 0.2) is 200 Å². The largest absolute Gasteiger partial charge is 0.311 e. The van der Waals surface area contributed by atoms with Crippen molar-refractivity contribution in [2.75, 3.05) is 9.80 Å². The van der Waals surface area contributed by atoms with Gasteiger partial charge in [-0.15, -0.1) is 0 Å². The molecule has 52 heavy (non-hydrogen) atoms. The summed E-state index contributed by atoms with van der Waals surface area (Å²) in [6.07, 6.45) is 0. The van der Waals surface area contributed by atoms with E-state index in [0.717, 1.165) is 50.8 Å². The van der Waals surface area contributed by atoms with Gasteiger partial charge in [-0.1, -0.05) is 121 Å². The molecule has 1 aliphatic rings. The normalized spacial score (nSPS) is 11.4. The van der Waals surface area contributed by atoms with Crippen LogP contribution in [0.2, 0.25) is 0 Å². The van der Waals surface area contributed by atoms with Crippen molar-refractivity contribution in [3.05, 3.63) is 206 Å². The van der Waals surface area contributed by atoms with Crippen LogP contribution >= 0.6 is 0 Å². The Morgan fingerprint density at radius 1 is 0.365 bits per heavy atom. The molecule has 3 heteroatoms. The second-order valence-electron chi connectivity index (χ2n) is 12.9. The first-order valence-corrected chi connectivity index (χ1v) is 17.5. The Labute approximate surface area is 304 Å². The summed E-state index contributed by atoms with van der Waals surface area (Å²) in [6, 6.07) is 72.8. The van der Waals surface area contributed by atoms with E-state index in [0.29, 0.717) is 5.56 Å². The van der Waals surface area contributed by atoms with Gasteiger partial charge in [-0.05, 0) is 112 Å². The quantitative estimate of drug-likeness (QED) is 0.177. The van der Waals surface area contributed by atoms with E-state index >= 15 is 0 Å². The van der Waals surface area contributed by atoms with E-state index in [2.05, 4.69) is 186 Å². The molecule has 0 aromatic heterocycles. The van der Waals surface area contributed by atoms with Crippen LogP contribution in [-0.2, 0) is 0 Å². The molecule has 0 amide bonds. The van der Waals surface area contributed by atoms with Crippen LogP contribution < -0.4 is 9.80 Å². The molecule has 0 saturated carbocycles. The molecule has 9 rings (SSSR count). The Kier molecular flexibility index (Phi) is 7.89. The lowest BCUT2D eigenvalue weighted by Gasteiger charge is -2.27. The third-order valence-electron chi connectivity index (χ3n) is 9.85. The van der Waals surface area contributed by atoms with E-state index in [9.17, 15) is 5.26 Å². The first-order chi connectivity index (χ1) is 25.7. The number of nitrogens with zero attached hydrogens (tertiary/aromatic N) is 3. The molecule has 0 N–H and O–H groups in total. The van der Waals surface area contributed by atoms with Crippen LogP contribution in [-0.4, -0.2) is 0 Å². The lowest BCUT2D eigenvalue weighted by molar-refractivity contribution is 1.28. The Bertz CT molecular complexity index is 2550. The summed E-state index contributed by atoms with van der Waals surface area (Å²) in [6.45, 7) is 0. The number of hydrogen-bond donors (Lipinski definition) is 0. The molecule has 0 radical (unpaired) electrons. The second kappa shape index (κ2) is 13.3. The van der Waals surface area contributed by atoms with Crippen molar-refractivity contribution in [1.29, 1.82) is 5.26 Å². The van der Waals surface area contributed by atoms with E-state index in [1.165, 1.54) is 27.8 Å². The minimum absolute atomic E-state index is 0.636. The molecule has 244 valence electrons. The maximum atomic E-state index is 9.47. The van der Waals surface area contributed by atoms with E-state index in [4.69, 9.17) is 0 Å². The van der Waals surface area contributed by atoms with Gasteiger partial charge in [0.15, 0.2) is 0 Å². The minimum atomic E-state index is 0.636. The second-order valence-corrected chi connectivity index (χ2v) is 12.9.